The van der Waals surface area contributed by atoms with Gasteiger partial charge in [0.05, 0.1) is 12.1 Å². The van der Waals surface area contributed by atoms with Crippen LogP contribution in [0, 0.1) is 6.92 Å². The van der Waals surface area contributed by atoms with Crippen molar-refractivity contribution in [2.75, 3.05) is 26.2 Å². The molecule has 0 radical (unpaired) electrons. The van der Waals surface area contributed by atoms with Crippen LogP contribution in [0.4, 0.5) is 0 Å². The van der Waals surface area contributed by atoms with Gasteiger partial charge in [-0.25, -0.2) is 9.97 Å². The minimum atomic E-state index is 0.0746. The first kappa shape index (κ1) is 15.7. The van der Waals surface area contributed by atoms with E-state index in [1.165, 1.54) is 0 Å². The van der Waals surface area contributed by atoms with Crippen molar-refractivity contribution in [2.24, 2.45) is 0 Å². The zero-order valence-electron chi connectivity index (χ0n) is 14.1. The van der Waals surface area contributed by atoms with Crippen LogP contribution in [0.3, 0.4) is 0 Å². The summed E-state index contributed by atoms with van der Waals surface area (Å²) < 4.78 is 0. The third-order valence-corrected chi connectivity index (χ3v) is 4.61. The zero-order valence-corrected chi connectivity index (χ0v) is 14.1. The van der Waals surface area contributed by atoms with Crippen molar-refractivity contribution < 1.29 is 4.79 Å². The molecule has 0 unspecified atom stereocenters. The summed E-state index contributed by atoms with van der Waals surface area (Å²) in [5.41, 5.74) is 3.62. The number of aromatic amines is 1. The molecule has 0 spiro atoms. The molecule has 1 aliphatic heterocycles. The van der Waals surface area contributed by atoms with Gasteiger partial charge in [0, 0.05) is 50.3 Å². The first-order chi connectivity index (χ1) is 12.2. The molecule has 1 saturated heterocycles. The van der Waals surface area contributed by atoms with Crippen LogP contribution in [0.2, 0.25) is 0 Å². The van der Waals surface area contributed by atoms with Crippen molar-refractivity contribution in [1.29, 1.82) is 0 Å². The Morgan fingerprint density at radius 2 is 1.88 bits per heavy atom. The van der Waals surface area contributed by atoms with Crippen LogP contribution in [0.5, 0.6) is 0 Å². The minimum Gasteiger partial charge on any atom is -0.339 e. The molecule has 3 aromatic rings. The van der Waals surface area contributed by atoms with E-state index in [2.05, 4.69) is 31.8 Å². The van der Waals surface area contributed by atoms with E-state index in [9.17, 15) is 4.79 Å². The molecule has 4 heterocycles. The molecule has 7 heteroatoms. The molecular formula is C18H20N6O. The fourth-order valence-electron chi connectivity index (χ4n) is 3.16. The summed E-state index contributed by atoms with van der Waals surface area (Å²) in [6.07, 6.45) is 5.09. The number of aromatic nitrogens is 4. The maximum atomic E-state index is 12.5. The van der Waals surface area contributed by atoms with Crippen molar-refractivity contribution in [1.82, 2.24) is 29.7 Å². The first-order valence-electron chi connectivity index (χ1n) is 8.42. The smallest absolute Gasteiger partial charge is 0.254 e. The van der Waals surface area contributed by atoms with E-state index in [-0.39, 0.29) is 5.91 Å². The molecule has 25 heavy (non-hydrogen) atoms. The van der Waals surface area contributed by atoms with E-state index in [1.54, 1.807) is 30.7 Å². The van der Waals surface area contributed by atoms with Crippen molar-refractivity contribution in [3.8, 4) is 0 Å². The highest BCUT2D eigenvalue weighted by Crippen LogP contribution is 2.15. The number of nitrogens with one attached hydrogen (secondary N) is 1. The van der Waals surface area contributed by atoms with Crippen LogP contribution in [-0.2, 0) is 6.54 Å². The SMILES string of the molecule is Cc1ccnc2nc(CN3CCN(C(=O)c4ccncc4)CC3)[nH]c12. The van der Waals surface area contributed by atoms with E-state index in [0.29, 0.717) is 5.56 Å². The molecule has 1 fully saturated rings. The highest BCUT2D eigenvalue weighted by molar-refractivity contribution is 5.94. The van der Waals surface area contributed by atoms with E-state index >= 15 is 0 Å². The molecule has 0 aliphatic carbocycles. The Hall–Kier alpha value is -2.80. The van der Waals surface area contributed by atoms with E-state index in [4.69, 9.17) is 0 Å². The predicted octanol–water partition coefficient (Wildman–Crippen LogP) is 1.62. The molecule has 0 saturated carbocycles. The fraction of sp³-hybridized carbons (Fsp3) is 0.333. The Bertz CT molecular complexity index is 883. The Labute approximate surface area is 145 Å². The van der Waals surface area contributed by atoms with Gasteiger partial charge in [0.1, 0.15) is 5.82 Å². The van der Waals surface area contributed by atoms with Gasteiger partial charge in [-0.3, -0.25) is 14.7 Å². The lowest BCUT2D eigenvalue weighted by molar-refractivity contribution is 0.0626. The van der Waals surface area contributed by atoms with E-state index in [1.807, 2.05) is 11.0 Å². The Morgan fingerprint density at radius 3 is 2.60 bits per heavy atom. The average molecular weight is 336 g/mol. The summed E-state index contributed by atoms with van der Waals surface area (Å²) in [6, 6.07) is 5.50. The molecule has 0 atom stereocenters. The molecular weight excluding hydrogens is 316 g/mol. The number of fused-ring (bicyclic) bond motifs is 1. The normalized spacial score (nSPS) is 15.6. The zero-order chi connectivity index (χ0) is 17.2. The number of imidazole rings is 1. The van der Waals surface area contributed by atoms with E-state index < -0.39 is 0 Å². The Balaban J connectivity index is 1.38. The number of aryl methyl sites for hydroxylation is 1. The van der Waals surface area contributed by atoms with Gasteiger partial charge in [-0.05, 0) is 30.7 Å². The highest BCUT2D eigenvalue weighted by atomic mass is 16.2. The monoisotopic (exact) mass is 336 g/mol. The molecule has 128 valence electrons. The van der Waals surface area contributed by atoms with Gasteiger partial charge >= 0.3 is 0 Å². The fourth-order valence-corrected chi connectivity index (χ4v) is 3.16. The lowest BCUT2D eigenvalue weighted by atomic mass is 10.2. The van der Waals surface area contributed by atoms with E-state index in [0.717, 1.165) is 55.3 Å². The van der Waals surface area contributed by atoms with Crippen molar-refractivity contribution in [3.05, 3.63) is 53.7 Å². The summed E-state index contributed by atoms with van der Waals surface area (Å²) in [4.78, 5) is 32.9. The number of H-pyrrole nitrogens is 1. The van der Waals surface area contributed by atoms with Gasteiger partial charge in [0.15, 0.2) is 5.65 Å². The van der Waals surface area contributed by atoms with Crippen LogP contribution in [0.15, 0.2) is 36.8 Å². The van der Waals surface area contributed by atoms with Crippen molar-refractivity contribution in [2.45, 2.75) is 13.5 Å². The number of carbonyl (C=O) groups excluding carboxylic acids is 1. The summed E-state index contributed by atoms with van der Waals surface area (Å²) in [7, 11) is 0. The van der Waals surface area contributed by atoms with Gasteiger partial charge in [-0.2, -0.15) is 0 Å². The maximum absolute atomic E-state index is 12.5. The molecule has 1 aliphatic rings. The standard InChI is InChI=1S/C18H20N6O/c1-13-2-7-20-17-16(13)21-15(22-17)12-23-8-10-24(11-9-23)18(25)14-3-5-19-6-4-14/h2-7H,8-12H2,1H3,(H,20,21,22). The number of nitrogens with zero attached hydrogens (tertiary/aromatic N) is 5. The predicted molar refractivity (Wildman–Crippen MR) is 94.0 cm³/mol. The number of hydrogen-bond acceptors (Lipinski definition) is 5. The summed E-state index contributed by atoms with van der Waals surface area (Å²) in [6.45, 7) is 5.90. The second kappa shape index (κ2) is 6.60. The molecule has 1 amide bonds. The van der Waals surface area contributed by atoms with Gasteiger partial charge in [-0.15, -0.1) is 0 Å². The number of hydrogen-bond donors (Lipinski definition) is 1. The minimum absolute atomic E-state index is 0.0746. The average Bonchev–Trinajstić information content (AvgIpc) is 3.06. The van der Waals surface area contributed by atoms with Crippen LogP contribution < -0.4 is 0 Å². The maximum Gasteiger partial charge on any atom is 0.254 e. The number of amides is 1. The lowest BCUT2D eigenvalue weighted by Gasteiger charge is -2.34. The summed E-state index contributed by atoms with van der Waals surface area (Å²) >= 11 is 0. The van der Waals surface area contributed by atoms with Gasteiger partial charge in [0.25, 0.3) is 5.91 Å². The molecule has 3 aromatic heterocycles. The second-order valence-electron chi connectivity index (χ2n) is 6.31. The lowest BCUT2D eigenvalue weighted by Crippen LogP contribution is -2.48. The van der Waals surface area contributed by atoms with Crippen LogP contribution in [0.25, 0.3) is 11.2 Å². The summed E-state index contributed by atoms with van der Waals surface area (Å²) in [5.74, 6) is 0.997. The quantitative estimate of drug-likeness (QED) is 0.786. The molecule has 0 aromatic carbocycles. The summed E-state index contributed by atoms with van der Waals surface area (Å²) in [5, 5.41) is 0. The first-order valence-corrected chi connectivity index (χ1v) is 8.42. The van der Waals surface area contributed by atoms with Gasteiger partial charge in [0.2, 0.25) is 0 Å². The number of pyridine rings is 2. The molecule has 4 rings (SSSR count). The topological polar surface area (TPSA) is 78.0 Å². The number of rotatable bonds is 3. The largest absolute Gasteiger partial charge is 0.339 e. The Kier molecular flexibility index (Phi) is 4.15. The second-order valence-corrected chi connectivity index (χ2v) is 6.31. The van der Waals surface area contributed by atoms with Crippen LogP contribution >= 0.6 is 0 Å². The number of carbonyl (C=O) groups is 1. The van der Waals surface area contributed by atoms with Gasteiger partial charge < -0.3 is 9.88 Å². The van der Waals surface area contributed by atoms with Crippen molar-refractivity contribution in [3.63, 3.8) is 0 Å². The van der Waals surface area contributed by atoms with Crippen LogP contribution in [0.1, 0.15) is 21.7 Å². The highest BCUT2D eigenvalue weighted by Gasteiger charge is 2.22. The van der Waals surface area contributed by atoms with Gasteiger partial charge in [-0.1, -0.05) is 0 Å². The Morgan fingerprint density at radius 1 is 1.12 bits per heavy atom. The third-order valence-electron chi connectivity index (χ3n) is 4.61. The molecule has 7 nitrogen and oxygen atoms in total. The third kappa shape index (κ3) is 3.23. The number of piperazine rings is 1. The van der Waals surface area contributed by atoms with Crippen molar-refractivity contribution >= 4 is 17.1 Å². The van der Waals surface area contributed by atoms with Crippen LogP contribution in [-0.4, -0.2) is 61.8 Å². The molecule has 1 N–H and O–H groups in total. The molecule has 0 bridgehead atoms.